The molecule has 0 spiro atoms. The Balaban J connectivity index is 0.743. The van der Waals surface area contributed by atoms with Crippen molar-refractivity contribution in [3.05, 3.63) is 300 Å². The van der Waals surface area contributed by atoms with E-state index in [-0.39, 0.29) is 11.8 Å². The summed E-state index contributed by atoms with van der Waals surface area (Å²) in [6.07, 6.45) is 0. The number of hydrogen-bond donors (Lipinski definition) is 0. The monoisotopic (exact) mass is 1050 g/mol. The molecule has 0 saturated carbocycles. The van der Waals surface area contributed by atoms with Gasteiger partial charge < -0.3 is 8.83 Å². The fourth-order valence-corrected chi connectivity index (χ4v) is 13.1. The van der Waals surface area contributed by atoms with Crippen LogP contribution in [0.4, 0.5) is 0 Å². The summed E-state index contributed by atoms with van der Waals surface area (Å²) < 4.78 is 12.5. The zero-order chi connectivity index (χ0) is 53.8. The third-order valence-corrected chi connectivity index (χ3v) is 16.9. The van der Waals surface area contributed by atoms with Crippen LogP contribution in [0.5, 0.6) is 0 Å². The summed E-state index contributed by atoms with van der Waals surface area (Å²) in [6.45, 7) is 0. The van der Waals surface area contributed by atoms with Crippen LogP contribution in [0.15, 0.2) is 276 Å². The molecule has 6 nitrogen and oxygen atoms in total. The van der Waals surface area contributed by atoms with Crippen molar-refractivity contribution < 1.29 is 8.83 Å². The molecule has 3 aliphatic carbocycles. The van der Waals surface area contributed by atoms with E-state index < -0.39 is 0 Å². The van der Waals surface area contributed by atoms with Crippen molar-refractivity contribution in [1.82, 2.24) is 19.9 Å². The Kier molecular flexibility index (Phi) is 10.3. The van der Waals surface area contributed by atoms with E-state index in [1.54, 1.807) is 0 Å². The molecule has 6 heteroatoms. The van der Waals surface area contributed by atoms with E-state index in [4.69, 9.17) is 28.8 Å². The van der Waals surface area contributed by atoms with Crippen LogP contribution in [0.25, 0.3) is 134 Å². The van der Waals surface area contributed by atoms with E-state index >= 15 is 0 Å². The molecule has 4 heterocycles. The van der Waals surface area contributed by atoms with E-state index in [2.05, 4.69) is 218 Å². The molecule has 18 rings (SSSR count). The van der Waals surface area contributed by atoms with Crippen molar-refractivity contribution in [2.75, 3.05) is 0 Å². The highest BCUT2D eigenvalue weighted by Gasteiger charge is 2.41. The Hall–Kier alpha value is -10.8. The quantitative estimate of drug-likeness (QED) is 0.151. The highest BCUT2D eigenvalue weighted by atomic mass is 16.3. The van der Waals surface area contributed by atoms with Gasteiger partial charge in [0, 0.05) is 66.8 Å². The number of hydrogen-bond acceptors (Lipinski definition) is 6. The fraction of sp³-hybridized carbons (Fsp3) is 0.0263. The Morgan fingerprint density at radius 3 is 0.988 bits per heavy atom. The lowest BCUT2D eigenvalue weighted by Crippen LogP contribution is -2.27. The van der Waals surface area contributed by atoms with Crippen molar-refractivity contribution in [1.29, 1.82) is 0 Å². The fourth-order valence-electron chi connectivity index (χ4n) is 13.1. The molecule has 11 aromatic carbocycles. The second kappa shape index (κ2) is 18.4. The summed E-state index contributed by atoms with van der Waals surface area (Å²) in [4.78, 5) is 21.4. The van der Waals surface area contributed by atoms with Crippen LogP contribution < -0.4 is 0 Å². The third kappa shape index (κ3) is 7.42. The third-order valence-electron chi connectivity index (χ3n) is 16.9. The highest BCUT2D eigenvalue weighted by Crippen LogP contribution is 2.57. The molecule has 4 aromatic heterocycles. The van der Waals surface area contributed by atoms with Crippen molar-refractivity contribution in [3.63, 3.8) is 0 Å². The van der Waals surface area contributed by atoms with Gasteiger partial charge in [-0.05, 0) is 104 Å². The molecule has 3 aliphatic rings. The molecule has 82 heavy (non-hydrogen) atoms. The van der Waals surface area contributed by atoms with Gasteiger partial charge >= 0.3 is 0 Å². The van der Waals surface area contributed by atoms with Gasteiger partial charge in [-0.3, -0.25) is 0 Å². The van der Waals surface area contributed by atoms with E-state index in [1.807, 2.05) is 48.5 Å². The first-order valence-electron chi connectivity index (χ1n) is 27.9. The number of rotatable bonds is 8. The first kappa shape index (κ1) is 46.1. The van der Waals surface area contributed by atoms with Gasteiger partial charge in [0.05, 0.1) is 22.8 Å². The molecule has 2 atom stereocenters. The zero-order valence-electron chi connectivity index (χ0n) is 44.2. The minimum absolute atomic E-state index is 0.0119. The first-order chi connectivity index (χ1) is 40.6. The van der Waals surface area contributed by atoms with E-state index in [0.717, 1.165) is 122 Å². The largest absolute Gasteiger partial charge is 0.456 e. The van der Waals surface area contributed by atoms with Crippen LogP contribution >= 0.6 is 0 Å². The predicted octanol–water partition coefficient (Wildman–Crippen LogP) is 19.4. The van der Waals surface area contributed by atoms with Gasteiger partial charge in [-0.15, -0.1) is 0 Å². The molecule has 0 radical (unpaired) electrons. The standard InChI is InChI=1S/C76H46N4O2/c1-3-15-47(16-4-1)63-43-65(49-33-29-45(30-34-49)53-23-13-27-69-73(53)59-21-9-11-25-67(59)81-69)79-75(77-63)51-37-39-57-61(41-51)71-55-19-7-8-20-56(55)72(57)62-42-52(38-40-58(62)71)76-78-64(48-17-5-2-6-18-48)44-66(80-76)50-35-31-46(32-36-50)54-24-14-28-70-74(54)60-22-10-12-26-68(60)82-70/h1-44,71-72H. The summed E-state index contributed by atoms with van der Waals surface area (Å²) in [6, 6.07) is 94.5. The van der Waals surface area contributed by atoms with Crippen LogP contribution in [-0.4, -0.2) is 19.9 Å². The van der Waals surface area contributed by atoms with E-state index in [0.29, 0.717) is 11.6 Å². The molecular weight excluding hydrogens is 1000 g/mol. The van der Waals surface area contributed by atoms with Gasteiger partial charge in [0.15, 0.2) is 11.6 Å². The SMILES string of the molecule is c1ccc(-c2cc(-c3ccc(-c4cccc5oc6ccccc6c45)cc3)nc(-c3ccc4c(c3)C3c5ccccc5C4c4cc(-c5nc(-c6ccccc6)cc(-c6ccc(-c7cccc8oc9ccccc9c78)cc6)n5)ccc43)n2)cc1. The van der Waals surface area contributed by atoms with Crippen LogP contribution in [-0.2, 0) is 0 Å². The maximum atomic E-state index is 6.26. The van der Waals surface area contributed by atoms with Gasteiger partial charge in [0.1, 0.15) is 22.3 Å². The lowest BCUT2D eigenvalue weighted by molar-refractivity contribution is 0.668. The number of para-hydroxylation sites is 2. The van der Waals surface area contributed by atoms with Gasteiger partial charge in [0.25, 0.3) is 0 Å². The summed E-state index contributed by atoms with van der Waals surface area (Å²) in [5.41, 5.74) is 25.4. The Labute approximate surface area is 472 Å². The molecule has 0 amide bonds. The summed E-state index contributed by atoms with van der Waals surface area (Å²) in [5, 5.41) is 4.47. The van der Waals surface area contributed by atoms with E-state index in [9.17, 15) is 0 Å². The number of aromatic nitrogens is 4. The van der Waals surface area contributed by atoms with Crippen LogP contribution in [0.3, 0.4) is 0 Å². The van der Waals surface area contributed by atoms with Crippen molar-refractivity contribution >= 4 is 43.9 Å². The van der Waals surface area contributed by atoms with Gasteiger partial charge in [-0.2, -0.15) is 0 Å². The second-order valence-electron chi connectivity index (χ2n) is 21.5. The molecule has 2 bridgehead atoms. The van der Waals surface area contributed by atoms with Crippen LogP contribution in [0.1, 0.15) is 45.2 Å². The van der Waals surface area contributed by atoms with E-state index in [1.165, 1.54) is 33.4 Å². The average molecular weight is 1050 g/mol. The Bertz CT molecular complexity index is 4720. The summed E-state index contributed by atoms with van der Waals surface area (Å²) >= 11 is 0. The van der Waals surface area contributed by atoms with Crippen molar-refractivity contribution in [3.8, 4) is 90.1 Å². The average Bonchev–Trinajstić information content (AvgIpc) is 3.58. The minimum Gasteiger partial charge on any atom is -0.456 e. The van der Waals surface area contributed by atoms with Crippen LogP contribution in [0, 0.1) is 0 Å². The zero-order valence-corrected chi connectivity index (χ0v) is 44.2. The number of benzene rings is 11. The lowest BCUT2D eigenvalue weighted by Gasteiger charge is -2.42. The minimum atomic E-state index is 0.0119. The molecule has 0 saturated heterocycles. The van der Waals surface area contributed by atoms with Gasteiger partial charge in [0.2, 0.25) is 0 Å². The maximum absolute atomic E-state index is 6.26. The topological polar surface area (TPSA) is 77.8 Å². The smallest absolute Gasteiger partial charge is 0.160 e. The molecular formula is C76H46N4O2. The second-order valence-corrected chi connectivity index (χ2v) is 21.5. The Morgan fingerprint density at radius 1 is 0.232 bits per heavy atom. The molecule has 2 unspecified atom stereocenters. The number of furan rings is 2. The van der Waals surface area contributed by atoms with Crippen molar-refractivity contribution in [2.24, 2.45) is 0 Å². The molecule has 0 aliphatic heterocycles. The normalized spacial score (nSPS) is 14.1. The number of fused-ring (bicyclic) bond motifs is 6. The highest BCUT2D eigenvalue weighted by molar-refractivity contribution is 6.13. The molecule has 0 fully saturated rings. The van der Waals surface area contributed by atoms with Crippen LogP contribution in [0.2, 0.25) is 0 Å². The maximum Gasteiger partial charge on any atom is 0.160 e. The van der Waals surface area contributed by atoms with Gasteiger partial charge in [-0.1, -0.05) is 218 Å². The number of nitrogens with zero attached hydrogens (tertiary/aromatic N) is 4. The molecule has 382 valence electrons. The first-order valence-corrected chi connectivity index (χ1v) is 27.9. The Morgan fingerprint density at radius 2 is 0.561 bits per heavy atom. The van der Waals surface area contributed by atoms with Crippen molar-refractivity contribution in [2.45, 2.75) is 11.8 Å². The lowest BCUT2D eigenvalue weighted by atomic mass is 9.61. The predicted molar refractivity (Wildman–Crippen MR) is 330 cm³/mol. The summed E-state index contributed by atoms with van der Waals surface area (Å²) in [5.74, 6) is 1.40. The molecule has 15 aromatic rings. The summed E-state index contributed by atoms with van der Waals surface area (Å²) in [7, 11) is 0. The van der Waals surface area contributed by atoms with Gasteiger partial charge in [-0.25, -0.2) is 19.9 Å². The molecule has 0 N–H and O–H groups in total.